The van der Waals surface area contributed by atoms with Crippen molar-refractivity contribution in [2.45, 2.75) is 46.6 Å². The molecule has 21 heavy (non-hydrogen) atoms. The van der Waals surface area contributed by atoms with Gasteiger partial charge in [0.25, 0.3) is 0 Å². The fraction of sp³-hybridized carbons (Fsp3) is 0.667. The van der Waals surface area contributed by atoms with Gasteiger partial charge >= 0.3 is 0 Å². The largest absolute Gasteiger partial charge is 0.371 e. The topological polar surface area (TPSA) is 15.3 Å². The fourth-order valence-electron chi connectivity index (χ4n) is 2.97. The van der Waals surface area contributed by atoms with Crippen molar-refractivity contribution < 1.29 is 0 Å². The SMILES string of the molecule is CCC1CCN(c2ccc(CNCC(C)C)c(Cl)c2)CC1. The van der Waals surface area contributed by atoms with Crippen LogP contribution in [-0.4, -0.2) is 19.6 Å². The molecule has 3 heteroatoms. The minimum atomic E-state index is 0.669. The number of rotatable bonds is 6. The Balaban J connectivity index is 1.92. The lowest BCUT2D eigenvalue weighted by Gasteiger charge is -2.33. The normalized spacial score (nSPS) is 16.7. The van der Waals surface area contributed by atoms with Crippen molar-refractivity contribution in [2.24, 2.45) is 11.8 Å². The zero-order valence-electron chi connectivity index (χ0n) is 13.7. The monoisotopic (exact) mass is 308 g/mol. The number of benzene rings is 1. The summed E-state index contributed by atoms with van der Waals surface area (Å²) in [5.74, 6) is 1.58. The van der Waals surface area contributed by atoms with E-state index in [0.717, 1.165) is 24.0 Å². The minimum absolute atomic E-state index is 0.669. The average Bonchev–Trinajstić information content (AvgIpc) is 2.48. The molecule has 0 saturated carbocycles. The second-order valence-electron chi connectivity index (χ2n) is 6.64. The molecule has 1 aromatic carbocycles. The number of piperidine rings is 1. The van der Waals surface area contributed by atoms with Crippen molar-refractivity contribution in [3.05, 3.63) is 28.8 Å². The first-order valence-corrected chi connectivity index (χ1v) is 8.72. The van der Waals surface area contributed by atoms with Gasteiger partial charge in [-0.25, -0.2) is 0 Å². The predicted molar refractivity (Wildman–Crippen MR) is 93.2 cm³/mol. The van der Waals surface area contributed by atoms with Gasteiger partial charge in [0.15, 0.2) is 0 Å². The second kappa shape index (κ2) is 8.05. The van der Waals surface area contributed by atoms with Crippen LogP contribution in [-0.2, 0) is 6.54 Å². The molecule has 2 rings (SSSR count). The number of halogens is 1. The van der Waals surface area contributed by atoms with Gasteiger partial charge in [-0.1, -0.05) is 44.9 Å². The van der Waals surface area contributed by atoms with E-state index in [4.69, 9.17) is 11.6 Å². The fourth-order valence-corrected chi connectivity index (χ4v) is 3.21. The van der Waals surface area contributed by atoms with E-state index in [1.807, 2.05) is 0 Å². The van der Waals surface area contributed by atoms with Gasteiger partial charge in [-0.3, -0.25) is 0 Å². The van der Waals surface area contributed by atoms with Crippen LogP contribution in [0.5, 0.6) is 0 Å². The van der Waals surface area contributed by atoms with Gasteiger partial charge in [0.1, 0.15) is 0 Å². The summed E-state index contributed by atoms with van der Waals surface area (Å²) in [5.41, 5.74) is 2.48. The third-order valence-electron chi connectivity index (χ3n) is 4.46. The van der Waals surface area contributed by atoms with Gasteiger partial charge in [-0.05, 0) is 48.9 Å². The molecule has 0 aliphatic carbocycles. The highest BCUT2D eigenvalue weighted by atomic mass is 35.5. The molecule has 1 fully saturated rings. The zero-order valence-corrected chi connectivity index (χ0v) is 14.4. The maximum Gasteiger partial charge on any atom is 0.0471 e. The molecule has 0 spiro atoms. The van der Waals surface area contributed by atoms with Gasteiger partial charge in [-0.15, -0.1) is 0 Å². The van der Waals surface area contributed by atoms with Gasteiger partial charge in [0.05, 0.1) is 0 Å². The van der Waals surface area contributed by atoms with Crippen LogP contribution in [0.1, 0.15) is 45.6 Å². The first kappa shape index (κ1) is 16.6. The molecule has 1 saturated heterocycles. The summed E-state index contributed by atoms with van der Waals surface area (Å²) < 4.78 is 0. The second-order valence-corrected chi connectivity index (χ2v) is 7.05. The first-order chi connectivity index (χ1) is 10.1. The Hall–Kier alpha value is -0.730. The number of nitrogens with zero attached hydrogens (tertiary/aromatic N) is 1. The Morgan fingerprint density at radius 2 is 2.00 bits per heavy atom. The van der Waals surface area contributed by atoms with Gasteiger partial charge in [0.2, 0.25) is 0 Å². The highest BCUT2D eigenvalue weighted by Gasteiger charge is 2.18. The molecule has 0 radical (unpaired) electrons. The third kappa shape index (κ3) is 4.89. The number of nitrogens with one attached hydrogen (secondary N) is 1. The van der Waals surface area contributed by atoms with E-state index in [0.29, 0.717) is 5.92 Å². The van der Waals surface area contributed by atoms with E-state index in [9.17, 15) is 0 Å². The summed E-state index contributed by atoms with van der Waals surface area (Å²) in [5, 5.41) is 4.35. The smallest absolute Gasteiger partial charge is 0.0471 e. The van der Waals surface area contributed by atoms with Gasteiger partial charge in [-0.2, -0.15) is 0 Å². The molecule has 0 aromatic heterocycles. The molecule has 1 aliphatic rings. The lowest BCUT2D eigenvalue weighted by Crippen LogP contribution is -2.33. The van der Waals surface area contributed by atoms with Crippen molar-refractivity contribution in [1.29, 1.82) is 0 Å². The Kier molecular flexibility index (Phi) is 6.38. The van der Waals surface area contributed by atoms with Crippen LogP contribution in [0.25, 0.3) is 0 Å². The molecule has 1 aliphatic heterocycles. The Labute approximate surface area is 134 Å². The summed E-state index contributed by atoms with van der Waals surface area (Å²) in [4.78, 5) is 2.48. The first-order valence-electron chi connectivity index (χ1n) is 8.34. The summed E-state index contributed by atoms with van der Waals surface area (Å²) >= 11 is 6.45. The maximum atomic E-state index is 6.45. The standard InChI is InChI=1S/C18H29ClN2/c1-4-15-7-9-21(10-8-15)17-6-5-16(18(19)11-17)13-20-12-14(2)3/h5-6,11,14-15,20H,4,7-10,12-13H2,1-3H3. The molecular weight excluding hydrogens is 280 g/mol. The molecule has 1 heterocycles. The van der Waals surface area contributed by atoms with E-state index in [1.165, 1.54) is 43.6 Å². The maximum absolute atomic E-state index is 6.45. The molecule has 118 valence electrons. The van der Waals surface area contributed by atoms with Crippen LogP contribution in [0, 0.1) is 11.8 Å². The molecule has 0 bridgehead atoms. The average molecular weight is 309 g/mol. The van der Waals surface area contributed by atoms with Gasteiger partial charge in [0, 0.05) is 30.3 Å². The molecule has 1 aromatic rings. The summed E-state index contributed by atoms with van der Waals surface area (Å²) in [6.07, 6.45) is 3.94. The van der Waals surface area contributed by atoms with Crippen molar-refractivity contribution in [3.8, 4) is 0 Å². The van der Waals surface area contributed by atoms with Crippen LogP contribution in [0.15, 0.2) is 18.2 Å². The predicted octanol–water partition coefficient (Wildman–Crippen LogP) is 4.71. The van der Waals surface area contributed by atoms with Crippen LogP contribution >= 0.6 is 11.6 Å². The summed E-state index contributed by atoms with van der Waals surface area (Å²) in [6.45, 7) is 11.0. The number of anilines is 1. The van der Waals surface area contributed by atoms with Crippen LogP contribution in [0.2, 0.25) is 5.02 Å². The highest BCUT2D eigenvalue weighted by Crippen LogP contribution is 2.28. The lowest BCUT2D eigenvalue weighted by molar-refractivity contribution is 0.395. The van der Waals surface area contributed by atoms with E-state index in [2.05, 4.69) is 49.2 Å². The Morgan fingerprint density at radius 3 is 2.57 bits per heavy atom. The molecule has 2 nitrogen and oxygen atoms in total. The van der Waals surface area contributed by atoms with E-state index >= 15 is 0 Å². The van der Waals surface area contributed by atoms with Crippen molar-refractivity contribution >= 4 is 17.3 Å². The van der Waals surface area contributed by atoms with Crippen LogP contribution in [0.3, 0.4) is 0 Å². The zero-order chi connectivity index (χ0) is 15.2. The highest BCUT2D eigenvalue weighted by molar-refractivity contribution is 6.31. The van der Waals surface area contributed by atoms with E-state index in [-0.39, 0.29) is 0 Å². The summed E-state index contributed by atoms with van der Waals surface area (Å²) in [6, 6.07) is 6.54. The lowest BCUT2D eigenvalue weighted by atomic mass is 9.94. The number of hydrogen-bond acceptors (Lipinski definition) is 2. The Morgan fingerprint density at radius 1 is 1.29 bits per heavy atom. The number of hydrogen-bond donors (Lipinski definition) is 1. The van der Waals surface area contributed by atoms with E-state index < -0.39 is 0 Å². The van der Waals surface area contributed by atoms with Crippen molar-refractivity contribution in [1.82, 2.24) is 5.32 Å². The third-order valence-corrected chi connectivity index (χ3v) is 4.81. The Bertz CT molecular complexity index is 437. The quantitative estimate of drug-likeness (QED) is 0.818. The van der Waals surface area contributed by atoms with Gasteiger partial charge < -0.3 is 10.2 Å². The van der Waals surface area contributed by atoms with Crippen molar-refractivity contribution in [2.75, 3.05) is 24.5 Å². The van der Waals surface area contributed by atoms with E-state index in [1.54, 1.807) is 0 Å². The molecular formula is C18H29ClN2. The molecule has 0 atom stereocenters. The molecule has 0 amide bonds. The van der Waals surface area contributed by atoms with Crippen LogP contribution < -0.4 is 10.2 Å². The van der Waals surface area contributed by atoms with Crippen LogP contribution in [0.4, 0.5) is 5.69 Å². The minimum Gasteiger partial charge on any atom is -0.371 e. The van der Waals surface area contributed by atoms with Crippen molar-refractivity contribution in [3.63, 3.8) is 0 Å². The molecule has 1 N–H and O–H groups in total. The molecule has 0 unspecified atom stereocenters. The summed E-state index contributed by atoms with van der Waals surface area (Å²) in [7, 11) is 0.